The first-order valence-electron chi connectivity index (χ1n) is 11.2. The molecule has 2 aromatic carbocycles. The van der Waals surface area contributed by atoms with E-state index in [1.54, 1.807) is 24.3 Å². The van der Waals surface area contributed by atoms with Crippen LogP contribution in [0, 0.1) is 11.8 Å². The molecule has 0 bridgehead atoms. The van der Waals surface area contributed by atoms with Crippen molar-refractivity contribution in [3.8, 4) is 5.75 Å². The average molecular weight is 512 g/mol. The van der Waals surface area contributed by atoms with Crippen LogP contribution in [0.25, 0.3) is 10.2 Å². The number of carboxylic acid groups (broad SMARTS) is 1. The molecule has 3 N–H and O–H groups in total. The van der Waals surface area contributed by atoms with Crippen LogP contribution in [0.2, 0.25) is 0 Å². The van der Waals surface area contributed by atoms with E-state index in [4.69, 9.17) is 4.74 Å². The summed E-state index contributed by atoms with van der Waals surface area (Å²) in [5.41, 5.74) is 1.36. The number of fused-ring (bicyclic) bond motifs is 1. The minimum Gasteiger partial charge on any atom is -0.494 e. The van der Waals surface area contributed by atoms with E-state index in [1.807, 2.05) is 37.3 Å². The quantitative estimate of drug-likeness (QED) is 0.272. The third-order valence-corrected chi connectivity index (χ3v) is 7.40. The zero-order valence-electron chi connectivity index (χ0n) is 19.0. The SMILES string of the molecule is CCOc1ccc2nc(NC(=O)CSc3cccc(NC(=O)C4CC=CCC4C(=O)O)c3)sc2c1. The summed E-state index contributed by atoms with van der Waals surface area (Å²) in [6.07, 6.45) is 4.39. The molecule has 4 rings (SSSR count). The number of anilines is 2. The van der Waals surface area contributed by atoms with Gasteiger partial charge in [-0.15, -0.1) is 11.8 Å². The van der Waals surface area contributed by atoms with E-state index in [-0.39, 0.29) is 17.6 Å². The van der Waals surface area contributed by atoms with Crippen LogP contribution < -0.4 is 15.4 Å². The number of carbonyl (C=O) groups is 3. The number of hydrogen-bond donors (Lipinski definition) is 3. The number of thioether (sulfide) groups is 1. The first kappa shape index (κ1) is 24.7. The average Bonchev–Trinajstić information content (AvgIpc) is 3.24. The van der Waals surface area contributed by atoms with E-state index in [9.17, 15) is 19.5 Å². The normalized spacial score (nSPS) is 17.2. The van der Waals surface area contributed by atoms with Crippen molar-refractivity contribution in [3.63, 3.8) is 0 Å². The molecular formula is C25H25N3O5S2. The van der Waals surface area contributed by atoms with Crippen molar-refractivity contribution in [2.75, 3.05) is 23.0 Å². The highest BCUT2D eigenvalue weighted by Crippen LogP contribution is 2.30. The van der Waals surface area contributed by atoms with E-state index >= 15 is 0 Å². The highest BCUT2D eigenvalue weighted by atomic mass is 32.2. The summed E-state index contributed by atoms with van der Waals surface area (Å²) in [6.45, 7) is 2.50. The first-order valence-corrected chi connectivity index (χ1v) is 13.0. The number of hydrogen-bond acceptors (Lipinski definition) is 7. The predicted octanol–water partition coefficient (Wildman–Crippen LogP) is 5.03. The molecule has 2 atom stereocenters. The molecule has 2 unspecified atom stereocenters. The van der Waals surface area contributed by atoms with Gasteiger partial charge in [-0.25, -0.2) is 4.98 Å². The summed E-state index contributed by atoms with van der Waals surface area (Å²) < 4.78 is 6.44. The predicted molar refractivity (Wildman–Crippen MR) is 138 cm³/mol. The fourth-order valence-electron chi connectivity index (χ4n) is 3.79. The van der Waals surface area contributed by atoms with E-state index in [1.165, 1.54) is 23.1 Å². The number of ether oxygens (including phenoxy) is 1. The maximum Gasteiger partial charge on any atom is 0.307 e. The first-order chi connectivity index (χ1) is 16.9. The Morgan fingerprint density at radius 1 is 1.11 bits per heavy atom. The van der Waals surface area contributed by atoms with Crippen LogP contribution in [0.3, 0.4) is 0 Å². The Hall–Kier alpha value is -3.37. The molecule has 0 saturated carbocycles. The monoisotopic (exact) mass is 511 g/mol. The van der Waals surface area contributed by atoms with Crippen molar-refractivity contribution in [3.05, 3.63) is 54.6 Å². The minimum absolute atomic E-state index is 0.173. The Morgan fingerprint density at radius 2 is 1.91 bits per heavy atom. The zero-order chi connectivity index (χ0) is 24.8. The summed E-state index contributed by atoms with van der Waals surface area (Å²) in [5, 5.41) is 15.6. The van der Waals surface area contributed by atoms with Gasteiger partial charge in [0.15, 0.2) is 5.13 Å². The molecule has 0 aliphatic heterocycles. The van der Waals surface area contributed by atoms with Crippen LogP contribution in [-0.2, 0) is 14.4 Å². The molecule has 0 radical (unpaired) electrons. The van der Waals surface area contributed by atoms with E-state index in [0.717, 1.165) is 20.9 Å². The molecule has 3 aromatic rings. The van der Waals surface area contributed by atoms with Crippen molar-refractivity contribution in [1.29, 1.82) is 0 Å². The molecule has 2 amide bonds. The van der Waals surface area contributed by atoms with E-state index in [0.29, 0.717) is 30.3 Å². The van der Waals surface area contributed by atoms with E-state index < -0.39 is 17.8 Å². The molecule has 1 aliphatic rings. The second-order valence-corrected chi connectivity index (χ2v) is 10.0. The number of nitrogens with zero attached hydrogens (tertiary/aromatic N) is 1. The second-order valence-electron chi connectivity index (χ2n) is 7.93. The number of nitrogens with one attached hydrogen (secondary N) is 2. The van der Waals surface area contributed by atoms with Gasteiger partial charge in [-0.2, -0.15) is 0 Å². The minimum atomic E-state index is -0.965. The van der Waals surface area contributed by atoms with Gasteiger partial charge in [0.25, 0.3) is 0 Å². The molecule has 1 aliphatic carbocycles. The Kier molecular flexibility index (Phi) is 8.04. The third kappa shape index (κ3) is 6.40. The lowest BCUT2D eigenvalue weighted by Crippen LogP contribution is -2.34. The van der Waals surface area contributed by atoms with Gasteiger partial charge in [0.1, 0.15) is 5.75 Å². The smallest absolute Gasteiger partial charge is 0.307 e. The molecule has 10 heteroatoms. The molecule has 1 heterocycles. The van der Waals surface area contributed by atoms with Crippen LogP contribution in [0.1, 0.15) is 19.8 Å². The maximum absolute atomic E-state index is 12.7. The van der Waals surface area contributed by atoms with Gasteiger partial charge in [0.05, 0.1) is 34.4 Å². The molecule has 0 fully saturated rings. The number of allylic oxidation sites excluding steroid dienone is 2. The zero-order valence-corrected chi connectivity index (χ0v) is 20.7. The van der Waals surface area contributed by atoms with Gasteiger partial charge in [0.2, 0.25) is 11.8 Å². The summed E-state index contributed by atoms with van der Waals surface area (Å²) in [4.78, 5) is 41.9. The van der Waals surface area contributed by atoms with Crippen molar-refractivity contribution in [1.82, 2.24) is 4.98 Å². The van der Waals surface area contributed by atoms with Crippen LogP contribution >= 0.6 is 23.1 Å². The lowest BCUT2D eigenvalue weighted by Gasteiger charge is -2.24. The fraction of sp³-hybridized carbons (Fsp3) is 0.280. The lowest BCUT2D eigenvalue weighted by molar-refractivity contribution is -0.146. The summed E-state index contributed by atoms with van der Waals surface area (Å²) in [6, 6.07) is 12.8. The van der Waals surface area contributed by atoms with Crippen molar-refractivity contribution >= 4 is 61.9 Å². The van der Waals surface area contributed by atoms with Gasteiger partial charge < -0.3 is 20.5 Å². The lowest BCUT2D eigenvalue weighted by atomic mass is 9.82. The van der Waals surface area contributed by atoms with Crippen molar-refractivity contribution in [2.45, 2.75) is 24.7 Å². The van der Waals surface area contributed by atoms with Crippen LogP contribution in [0.5, 0.6) is 5.75 Å². The van der Waals surface area contributed by atoms with Gasteiger partial charge in [-0.3, -0.25) is 14.4 Å². The number of benzene rings is 2. The van der Waals surface area contributed by atoms with Gasteiger partial charge in [-0.1, -0.05) is 29.6 Å². The Balaban J connectivity index is 1.33. The van der Waals surface area contributed by atoms with Crippen LogP contribution in [0.15, 0.2) is 59.5 Å². The standard InChI is InChI=1S/C25H25N3O5S2/c1-2-33-16-10-11-20-21(13-16)35-25(27-20)28-22(29)14-34-17-7-5-6-15(12-17)26-23(30)18-8-3-4-9-19(18)24(31)32/h3-7,10-13,18-19H,2,8-9,14H2,1H3,(H,26,30)(H,31,32)(H,27,28,29). The van der Waals surface area contributed by atoms with Crippen molar-refractivity contribution in [2.24, 2.45) is 11.8 Å². The number of aromatic nitrogens is 1. The van der Waals surface area contributed by atoms with Crippen LogP contribution in [-0.4, -0.2) is 40.2 Å². The Labute approximate surface area is 210 Å². The Morgan fingerprint density at radius 3 is 2.69 bits per heavy atom. The van der Waals surface area contributed by atoms with Crippen LogP contribution in [0.4, 0.5) is 10.8 Å². The van der Waals surface area contributed by atoms with Gasteiger partial charge >= 0.3 is 5.97 Å². The second kappa shape index (κ2) is 11.4. The maximum atomic E-state index is 12.7. The fourth-order valence-corrected chi connectivity index (χ4v) is 5.46. The Bertz CT molecular complexity index is 1270. The molecule has 182 valence electrons. The summed E-state index contributed by atoms with van der Waals surface area (Å²) >= 11 is 2.72. The number of thiazole rings is 1. The number of carbonyl (C=O) groups excluding carboxylic acids is 2. The molecule has 1 aromatic heterocycles. The molecular weight excluding hydrogens is 486 g/mol. The highest BCUT2D eigenvalue weighted by Gasteiger charge is 2.33. The van der Waals surface area contributed by atoms with Crippen molar-refractivity contribution < 1.29 is 24.2 Å². The highest BCUT2D eigenvalue weighted by molar-refractivity contribution is 8.00. The van der Waals surface area contributed by atoms with E-state index in [2.05, 4.69) is 15.6 Å². The molecule has 8 nitrogen and oxygen atoms in total. The third-order valence-electron chi connectivity index (χ3n) is 5.48. The van der Waals surface area contributed by atoms with Gasteiger partial charge in [-0.05, 0) is 56.2 Å². The molecule has 0 saturated heterocycles. The summed E-state index contributed by atoms with van der Waals surface area (Å²) in [7, 11) is 0. The number of rotatable bonds is 9. The summed E-state index contributed by atoms with van der Waals surface area (Å²) in [5.74, 6) is -1.87. The largest absolute Gasteiger partial charge is 0.494 e. The number of aliphatic carboxylic acids is 1. The number of carboxylic acids is 1. The van der Waals surface area contributed by atoms with Gasteiger partial charge in [0, 0.05) is 10.6 Å². The molecule has 0 spiro atoms. The topological polar surface area (TPSA) is 118 Å². The molecule has 35 heavy (non-hydrogen) atoms. The number of amides is 2.